The topological polar surface area (TPSA) is 135 Å². The number of benzene rings is 2. The number of likely N-dealkylation sites (N-methyl/N-ethyl adjacent to an activating group) is 2. The molecule has 2 heterocycles. The molecule has 0 saturated carbocycles. The molecule has 2 atom stereocenters. The van der Waals surface area contributed by atoms with Crippen LogP contribution in [-0.4, -0.2) is 99.9 Å². The maximum atomic E-state index is 9.81. The third kappa shape index (κ3) is 12.4. The Morgan fingerprint density at radius 2 is 1.71 bits per heavy atom. The van der Waals surface area contributed by atoms with E-state index in [1.165, 1.54) is 11.8 Å². The second-order valence-electron chi connectivity index (χ2n) is 9.36. The van der Waals surface area contributed by atoms with E-state index in [0.717, 1.165) is 35.5 Å². The summed E-state index contributed by atoms with van der Waals surface area (Å²) in [7, 11) is 1.74. The zero-order valence-electron chi connectivity index (χ0n) is 23.8. The molecule has 2 aliphatic rings. The van der Waals surface area contributed by atoms with Gasteiger partial charge in [-0.25, -0.2) is 0 Å². The Morgan fingerprint density at radius 1 is 1.12 bits per heavy atom. The fraction of sp³-hybridized carbons (Fsp3) is 0.414. The summed E-state index contributed by atoms with van der Waals surface area (Å²) < 4.78 is 10.6. The number of rotatable bonds is 9. The molecule has 0 amide bonds. The maximum absolute atomic E-state index is 9.81. The largest absolute Gasteiger partial charge is 0.488 e. The number of hydrogen-bond acceptors (Lipinski definition) is 11. The highest BCUT2D eigenvalue weighted by molar-refractivity contribution is 7.99. The first-order chi connectivity index (χ1) is 19.6. The number of aliphatic hydroxyl groups excluding tert-OH is 1. The van der Waals surface area contributed by atoms with Gasteiger partial charge in [-0.05, 0) is 55.6 Å². The molecule has 0 spiro atoms. The molecule has 0 bridgehead atoms. The van der Waals surface area contributed by atoms with E-state index in [2.05, 4.69) is 45.8 Å². The van der Waals surface area contributed by atoms with E-state index in [4.69, 9.17) is 24.4 Å². The first-order valence-electron chi connectivity index (χ1n) is 12.9. The highest BCUT2D eigenvalue weighted by Gasteiger charge is 2.34. The van der Waals surface area contributed by atoms with E-state index in [1.807, 2.05) is 67.0 Å². The smallest absolute Gasteiger partial charge is 0.327 e. The lowest BCUT2D eigenvalue weighted by Gasteiger charge is -2.36. The molecular formula is C29H40N3O7PS. The number of carbonyl (C=O) groups excluding carboxylic acids is 1. The number of hydrogen-bond donors (Lipinski definition) is 5. The molecule has 2 aromatic rings. The van der Waals surface area contributed by atoms with Gasteiger partial charge in [0, 0.05) is 44.5 Å². The number of nitrogens with zero attached hydrogens (tertiary/aromatic N) is 2. The Morgan fingerprint density at radius 3 is 2.17 bits per heavy atom. The monoisotopic (exact) mass is 605 g/mol. The Hall–Kier alpha value is -2.65. The van der Waals surface area contributed by atoms with E-state index in [0.29, 0.717) is 18.8 Å². The molecule has 1 saturated heterocycles. The summed E-state index contributed by atoms with van der Waals surface area (Å²) in [5, 5.41) is 20.4. The van der Waals surface area contributed by atoms with Gasteiger partial charge in [0.1, 0.15) is 29.2 Å². The maximum Gasteiger partial charge on any atom is 0.327 e. The van der Waals surface area contributed by atoms with Crippen LogP contribution in [0.25, 0.3) is 11.1 Å². The van der Waals surface area contributed by atoms with Gasteiger partial charge in [0.2, 0.25) is 0 Å². The Bertz CT molecular complexity index is 1130. The number of aldehydes is 1. The zero-order valence-corrected chi connectivity index (χ0v) is 25.5. The van der Waals surface area contributed by atoms with Crippen LogP contribution >= 0.6 is 20.4 Å². The van der Waals surface area contributed by atoms with Crippen molar-refractivity contribution in [1.82, 2.24) is 15.1 Å². The van der Waals surface area contributed by atoms with E-state index >= 15 is 0 Å². The number of ether oxygens (including phenoxy) is 1. The van der Waals surface area contributed by atoms with E-state index in [9.17, 15) is 5.11 Å². The van der Waals surface area contributed by atoms with E-state index in [-0.39, 0.29) is 19.4 Å². The fourth-order valence-corrected chi connectivity index (χ4v) is 4.54. The van der Waals surface area contributed by atoms with Crippen molar-refractivity contribution in [3.05, 3.63) is 66.5 Å². The van der Waals surface area contributed by atoms with E-state index in [1.54, 1.807) is 6.92 Å². The fourth-order valence-electron chi connectivity index (χ4n) is 3.82. The van der Waals surface area contributed by atoms with Crippen LogP contribution in [0, 0.1) is 11.8 Å². The summed E-state index contributed by atoms with van der Waals surface area (Å²) in [6, 6.07) is 16.2. The van der Waals surface area contributed by atoms with Gasteiger partial charge in [-0.3, -0.25) is 4.90 Å². The normalized spacial score (nSPS) is 17.5. The van der Waals surface area contributed by atoms with Crippen LogP contribution in [0.15, 0.2) is 60.9 Å². The molecule has 2 unspecified atom stereocenters. The van der Waals surface area contributed by atoms with Crippen LogP contribution in [0.3, 0.4) is 0 Å². The van der Waals surface area contributed by atoms with Crippen LogP contribution in [-0.2, 0) is 9.32 Å². The minimum absolute atomic E-state index is 0.0162. The molecule has 2 aliphatic heterocycles. The van der Waals surface area contributed by atoms with Gasteiger partial charge in [-0.15, -0.1) is 11.8 Å². The average molecular weight is 606 g/mol. The van der Waals surface area contributed by atoms with Crippen LogP contribution < -0.4 is 10.1 Å². The molecule has 1 fully saturated rings. The highest BCUT2D eigenvalue weighted by Crippen LogP contribution is 2.27. The van der Waals surface area contributed by atoms with Crippen molar-refractivity contribution in [3.8, 4) is 28.7 Å². The Labute approximate surface area is 248 Å². The van der Waals surface area contributed by atoms with E-state index < -0.39 is 13.5 Å². The van der Waals surface area contributed by atoms with Crippen LogP contribution in [0.4, 0.5) is 0 Å². The molecular weight excluding hydrogens is 565 g/mol. The van der Waals surface area contributed by atoms with Crippen molar-refractivity contribution >= 4 is 26.7 Å². The van der Waals surface area contributed by atoms with Crippen LogP contribution in [0.1, 0.15) is 18.9 Å². The predicted octanol–water partition coefficient (Wildman–Crippen LogP) is 2.58. The van der Waals surface area contributed by atoms with Crippen LogP contribution in [0.2, 0.25) is 0 Å². The standard InChI is InChI=1S/C20H22NO4P.C7H14N2OS.C2H4O2/c1-21-14-20(15-21)25-19-11-9-18(10-12-19)17-7-5-16(6-8-17)4-2-3-13-24-26(22)23;1-7(10,11-3)6-8-4-5-9(6)2;3-1-2-4/h5-12,20,22-23H,3,13-15H2,1H3;4-6,8,10H,1-3H3;1,4H,2H2. The Kier molecular flexibility index (Phi) is 15.2. The molecule has 12 heteroatoms. The van der Waals surface area contributed by atoms with Crippen LogP contribution in [0.5, 0.6) is 5.75 Å². The number of thioether (sulfide) groups is 1. The minimum atomic E-state index is -2.29. The molecule has 0 radical (unpaired) electrons. The number of likely N-dealkylation sites (tertiary alicyclic amines) is 1. The molecule has 10 nitrogen and oxygen atoms in total. The summed E-state index contributed by atoms with van der Waals surface area (Å²) >= 11 is 1.44. The molecule has 2 aromatic carbocycles. The molecule has 41 heavy (non-hydrogen) atoms. The SMILES string of the molecule is CN1CC(Oc2ccc(-c3ccc(C#CCCOP(O)O)cc3)cc2)C1.CSC(C)(O)C1NC=CN1C.O=CCO. The van der Waals surface area contributed by atoms with Crippen molar-refractivity contribution < 1.29 is 34.1 Å². The van der Waals surface area contributed by atoms with Gasteiger partial charge in [-0.2, -0.15) is 0 Å². The first-order valence-corrected chi connectivity index (χ1v) is 15.3. The van der Waals surface area contributed by atoms with Crippen molar-refractivity contribution in [3.63, 3.8) is 0 Å². The van der Waals surface area contributed by atoms with Crippen molar-refractivity contribution in [2.24, 2.45) is 0 Å². The number of nitrogens with one attached hydrogen (secondary N) is 1. The predicted molar refractivity (Wildman–Crippen MR) is 164 cm³/mol. The van der Waals surface area contributed by atoms with Gasteiger partial charge >= 0.3 is 8.60 Å². The summed E-state index contributed by atoms with van der Waals surface area (Å²) in [5.74, 6) is 6.89. The number of carbonyl (C=O) groups is 1. The van der Waals surface area contributed by atoms with Crippen molar-refractivity contribution in [2.45, 2.75) is 30.5 Å². The molecule has 0 aliphatic carbocycles. The first kappa shape index (κ1) is 34.6. The highest BCUT2D eigenvalue weighted by atomic mass is 32.2. The van der Waals surface area contributed by atoms with Gasteiger partial charge in [-0.1, -0.05) is 36.1 Å². The summed E-state index contributed by atoms with van der Waals surface area (Å²) in [4.78, 5) is 29.6. The molecule has 4 rings (SSSR count). The summed E-state index contributed by atoms with van der Waals surface area (Å²) in [6.07, 6.45) is 6.83. The molecule has 5 N–H and O–H groups in total. The van der Waals surface area contributed by atoms with Crippen molar-refractivity contribution in [1.29, 1.82) is 0 Å². The quantitative estimate of drug-likeness (QED) is 0.0949. The van der Waals surface area contributed by atoms with Gasteiger partial charge in [0.05, 0.1) is 13.2 Å². The van der Waals surface area contributed by atoms with Gasteiger partial charge in [0.15, 0.2) is 0 Å². The zero-order chi connectivity index (χ0) is 30.3. The third-order valence-electron chi connectivity index (χ3n) is 6.04. The minimum Gasteiger partial charge on any atom is -0.488 e. The summed E-state index contributed by atoms with van der Waals surface area (Å²) in [5.41, 5.74) is 3.17. The lowest BCUT2D eigenvalue weighted by atomic mass is 10.0. The average Bonchev–Trinajstić information content (AvgIpc) is 3.40. The number of aliphatic hydroxyl groups is 2. The molecule has 0 aromatic heterocycles. The van der Waals surface area contributed by atoms with Gasteiger partial charge in [0.25, 0.3) is 0 Å². The lowest BCUT2D eigenvalue weighted by Crippen LogP contribution is -2.51. The lowest BCUT2D eigenvalue weighted by molar-refractivity contribution is -0.110. The third-order valence-corrected chi connectivity index (χ3v) is 7.50. The second-order valence-corrected chi connectivity index (χ2v) is 11.4. The summed E-state index contributed by atoms with van der Waals surface area (Å²) in [6.45, 7) is 3.63. The van der Waals surface area contributed by atoms with Gasteiger partial charge < -0.3 is 44.3 Å². The van der Waals surface area contributed by atoms with Crippen molar-refractivity contribution in [2.75, 3.05) is 46.7 Å². The second kappa shape index (κ2) is 18.0. The Balaban J connectivity index is 0.000000324. The molecule has 224 valence electrons.